The molecule has 2 heterocycles. The molecule has 1 saturated heterocycles. The minimum Gasteiger partial charge on any atom is -0.336 e. The first kappa shape index (κ1) is 19.5. The van der Waals surface area contributed by atoms with Gasteiger partial charge in [0.2, 0.25) is 0 Å². The van der Waals surface area contributed by atoms with Gasteiger partial charge >= 0.3 is 0 Å². The van der Waals surface area contributed by atoms with E-state index in [4.69, 9.17) is 0 Å². The Morgan fingerprint density at radius 1 is 1.19 bits per heavy atom. The SMILES string of the molecule is CCS(=O)Nc1ccc(C(=O)N2CCN(C(C)c3cccnc3)CC2)cc1. The first-order valence-electron chi connectivity index (χ1n) is 9.27. The molecule has 1 aliphatic rings. The molecule has 3 rings (SSSR count). The van der Waals surface area contributed by atoms with E-state index in [1.54, 1.807) is 18.3 Å². The van der Waals surface area contributed by atoms with Crippen LogP contribution >= 0.6 is 0 Å². The second-order valence-electron chi connectivity index (χ2n) is 6.60. The fourth-order valence-corrected chi connectivity index (χ4v) is 3.76. The first-order valence-corrected chi connectivity index (χ1v) is 10.6. The highest BCUT2D eigenvalue weighted by molar-refractivity contribution is 7.86. The van der Waals surface area contributed by atoms with Gasteiger partial charge in [0.1, 0.15) is 11.0 Å². The van der Waals surface area contributed by atoms with Crippen molar-refractivity contribution in [2.75, 3.05) is 36.7 Å². The summed E-state index contributed by atoms with van der Waals surface area (Å²) in [5.74, 6) is 0.592. The lowest BCUT2D eigenvalue weighted by Gasteiger charge is -2.38. The monoisotopic (exact) mass is 386 g/mol. The molecule has 27 heavy (non-hydrogen) atoms. The number of amides is 1. The number of aromatic nitrogens is 1. The van der Waals surface area contributed by atoms with Crippen molar-refractivity contribution in [3.63, 3.8) is 0 Å². The molecule has 2 atom stereocenters. The number of piperazine rings is 1. The molecule has 1 amide bonds. The third-order valence-electron chi connectivity index (χ3n) is 4.94. The van der Waals surface area contributed by atoms with Crippen molar-refractivity contribution in [1.29, 1.82) is 0 Å². The molecule has 0 spiro atoms. The van der Waals surface area contributed by atoms with Gasteiger partial charge in [0.25, 0.3) is 5.91 Å². The van der Waals surface area contributed by atoms with E-state index in [1.165, 1.54) is 5.56 Å². The van der Waals surface area contributed by atoms with Crippen LogP contribution < -0.4 is 4.72 Å². The van der Waals surface area contributed by atoms with Crippen molar-refractivity contribution in [3.8, 4) is 0 Å². The van der Waals surface area contributed by atoms with Crippen LogP contribution in [-0.4, -0.2) is 56.8 Å². The van der Waals surface area contributed by atoms with Gasteiger partial charge in [-0.25, -0.2) is 4.21 Å². The number of nitrogens with one attached hydrogen (secondary N) is 1. The number of pyridine rings is 1. The predicted molar refractivity (Wildman–Crippen MR) is 109 cm³/mol. The van der Waals surface area contributed by atoms with E-state index in [1.807, 2.05) is 36.2 Å². The van der Waals surface area contributed by atoms with Gasteiger partial charge in [0.05, 0.1) is 0 Å². The van der Waals surface area contributed by atoms with Gasteiger partial charge < -0.3 is 9.62 Å². The molecule has 6 nitrogen and oxygen atoms in total. The Bertz CT molecular complexity index is 774. The molecule has 1 aliphatic heterocycles. The van der Waals surface area contributed by atoms with Crippen molar-refractivity contribution in [3.05, 3.63) is 59.9 Å². The van der Waals surface area contributed by atoms with Crippen molar-refractivity contribution in [2.24, 2.45) is 0 Å². The standard InChI is InChI=1S/C20H26N4O2S/c1-3-27(26)22-19-8-6-17(7-9-19)20(25)24-13-11-23(12-14-24)16(2)18-5-4-10-21-15-18/h4-10,15-16,22H,3,11-14H2,1-2H3. The normalized spacial score (nSPS) is 17.3. The van der Waals surface area contributed by atoms with Crippen LogP contribution in [0.1, 0.15) is 35.8 Å². The van der Waals surface area contributed by atoms with Gasteiger partial charge in [-0.1, -0.05) is 13.0 Å². The summed E-state index contributed by atoms with van der Waals surface area (Å²) in [6, 6.07) is 11.5. The minimum atomic E-state index is -1.08. The number of carbonyl (C=O) groups is 1. The molecular weight excluding hydrogens is 360 g/mol. The van der Waals surface area contributed by atoms with Gasteiger partial charge in [-0.3, -0.25) is 14.7 Å². The lowest BCUT2D eigenvalue weighted by molar-refractivity contribution is 0.0582. The van der Waals surface area contributed by atoms with E-state index >= 15 is 0 Å². The molecule has 144 valence electrons. The van der Waals surface area contributed by atoms with Crippen LogP contribution in [0.4, 0.5) is 5.69 Å². The van der Waals surface area contributed by atoms with Gasteiger partial charge in [-0.05, 0) is 42.8 Å². The Morgan fingerprint density at radius 2 is 1.89 bits per heavy atom. The van der Waals surface area contributed by atoms with E-state index in [9.17, 15) is 9.00 Å². The van der Waals surface area contributed by atoms with Crippen LogP contribution in [0, 0.1) is 0 Å². The summed E-state index contributed by atoms with van der Waals surface area (Å²) in [6.45, 7) is 7.15. The molecule has 0 bridgehead atoms. The lowest BCUT2D eigenvalue weighted by atomic mass is 10.1. The first-order chi connectivity index (χ1) is 13.1. The van der Waals surface area contributed by atoms with Crippen LogP contribution in [0.15, 0.2) is 48.8 Å². The van der Waals surface area contributed by atoms with Crippen molar-refractivity contribution < 1.29 is 9.00 Å². The van der Waals surface area contributed by atoms with Gasteiger partial charge in [0.15, 0.2) is 0 Å². The fourth-order valence-electron chi connectivity index (χ4n) is 3.21. The molecule has 1 aromatic carbocycles. The van der Waals surface area contributed by atoms with Crippen molar-refractivity contribution in [2.45, 2.75) is 19.9 Å². The Hall–Kier alpha value is -2.25. The predicted octanol–water partition coefficient (Wildman–Crippen LogP) is 2.70. The number of anilines is 1. The maximum Gasteiger partial charge on any atom is 0.253 e. The largest absolute Gasteiger partial charge is 0.336 e. The summed E-state index contributed by atoms with van der Waals surface area (Å²) < 4.78 is 14.5. The molecule has 0 saturated carbocycles. The molecule has 0 aliphatic carbocycles. The zero-order valence-electron chi connectivity index (χ0n) is 15.8. The third-order valence-corrected chi connectivity index (χ3v) is 5.93. The van der Waals surface area contributed by atoms with E-state index < -0.39 is 11.0 Å². The van der Waals surface area contributed by atoms with Crippen LogP contribution in [0.5, 0.6) is 0 Å². The van der Waals surface area contributed by atoms with E-state index in [0.717, 1.165) is 18.8 Å². The average molecular weight is 387 g/mol. The topological polar surface area (TPSA) is 65.5 Å². The van der Waals surface area contributed by atoms with Gasteiger partial charge in [0, 0.05) is 61.6 Å². The molecule has 2 unspecified atom stereocenters. The number of hydrogen-bond acceptors (Lipinski definition) is 4. The molecule has 2 aromatic rings. The van der Waals surface area contributed by atoms with E-state index in [2.05, 4.69) is 27.6 Å². The molecular formula is C20H26N4O2S. The summed E-state index contributed by atoms with van der Waals surface area (Å²) in [7, 11) is -1.08. The summed E-state index contributed by atoms with van der Waals surface area (Å²) in [5.41, 5.74) is 2.63. The maximum absolute atomic E-state index is 12.8. The Morgan fingerprint density at radius 3 is 2.48 bits per heavy atom. The Balaban J connectivity index is 1.56. The lowest BCUT2D eigenvalue weighted by Crippen LogP contribution is -2.49. The van der Waals surface area contributed by atoms with Crippen LogP contribution in [0.3, 0.4) is 0 Å². The molecule has 1 aromatic heterocycles. The number of hydrogen-bond donors (Lipinski definition) is 1. The zero-order chi connectivity index (χ0) is 19.2. The highest BCUT2D eigenvalue weighted by Gasteiger charge is 2.25. The quantitative estimate of drug-likeness (QED) is 0.829. The maximum atomic E-state index is 12.8. The Kier molecular flexibility index (Phi) is 6.58. The number of rotatable bonds is 6. The second kappa shape index (κ2) is 9.10. The second-order valence-corrected chi connectivity index (χ2v) is 8.08. The van der Waals surface area contributed by atoms with Crippen LogP contribution in [0.2, 0.25) is 0 Å². The molecule has 1 N–H and O–H groups in total. The number of nitrogens with zero attached hydrogens (tertiary/aromatic N) is 3. The van der Waals surface area contributed by atoms with E-state index in [0.29, 0.717) is 30.4 Å². The molecule has 1 fully saturated rings. The van der Waals surface area contributed by atoms with Crippen molar-refractivity contribution in [1.82, 2.24) is 14.8 Å². The van der Waals surface area contributed by atoms with E-state index in [-0.39, 0.29) is 5.91 Å². The van der Waals surface area contributed by atoms with Crippen LogP contribution in [-0.2, 0) is 11.0 Å². The zero-order valence-corrected chi connectivity index (χ0v) is 16.6. The third kappa shape index (κ3) is 4.93. The highest BCUT2D eigenvalue weighted by atomic mass is 32.2. The Labute approximate surface area is 163 Å². The van der Waals surface area contributed by atoms with Crippen molar-refractivity contribution >= 4 is 22.6 Å². The number of benzene rings is 1. The molecule has 7 heteroatoms. The minimum absolute atomic E-state index is 0.0480. The molecule has 0 radical (unpaired) electrons. The smallest absolute Gasteiger partial charge is 0.253 e. The summed E-state index contributed by atoms with van der Waals surface area (Å²) in [5, 5.41) is 0. The summed E-state index contributed by atoms with van der Waals surface area (Å²) in [4.78, 5) is 21.2. The summed E-state index contributed by atoms with van der Waals surface area (Å²) in [6.07, 6.45) is 3.69. The number of carbonyl (C=O) groups excluding carboxylic acids is 1. The van der Waals surface area contributed by atoms with Gasteiger partial charge in [-0.2, -0.15) is 0 Å². The highest BCUT2D eigenvalue weighted by Crippen LogP contribution is 2.21. The fraction of sp³-hybridized carbons (Fsp3) is 0.400. The van der Waals surface area contributed by atoms with Gasteiger partial charge in [-0.15, -0.1) is 0 Å². The van der Waals surface area contributed by atoms with Crippen LogP contribution in [0.25, 0.3) is 0 Å². The summed E-state index contributed by atoms with van der Waals surface area (Å²) >= 11 is 0. The average Bonchev–Trinajstić information content (AvgIpc) is 2.74.